The Morgan fingerprint density at radius 3 is 2.68 bits per heavy atom. The van der Waals surface area contributed by atoms with E-state index in [4.69, 9.17) is 16.1 Å². The predicted molar refractivity (Wildman–Crippen MR) is 108 cm³/mol. The number of anilines is 1. The lowest BCUT2D eigenvalue weighted by molar-refractivity contribution is 0.215. The molecule has 1 aromatic heterocycles. The molecule has 1 saturated heterocycles. The number of piperazine rings is 1. The first-order valence-corrected chi connectivity index (χ1v) is 9.57. The smallest absolute Gasteiger partial charge is 0.241 e. The van der Waals surface area contributed by atoms with Crippen molar-refractivity contribution in [3.8, 4) is 17.5 Å². The maximum atomic E-state index is 9.36. The van der Waals surface area contributed by atoms with Crippen LogP contribution in [0.15, 0.2) is 47.0 Å². The predicted octanol–water partition coefficient (Wildman–Crippen LogP) is 3.89. The van der Waals surface area contributed by atoms with Gasteiger partial charge in [-0.25, -0.2) is 0 Å². The molecule has 1 aliphatic heterocycles. The molecular formula is C21H20ClN5O. The Kier molecular flexibility index (Phi) is 5.29. The van der Waals surface area contributed by atoms with E-state index in [0.717, 1.165) is 43.0 Å². The fourth-order valence-corrected chi connectivity index (χ4v) is 3.64. The van der Waals surface area contributed by atoms with Crippen LogP contribution in [0.4, 0.5) is 5.69 Å². The first-order chi connectivity index (χ1) is 13.6. The number of aryl methyl sites for hydroxylation is 1. The molecule has 6 nitrogen and oxygen atoms in total. The summed E-state index contributed by atoms with van der Waals surface area (Å²) in [5.74, 6) is 1.25. The van der Waals surface area contributed by atoms with Crippen molar-refractivity contribution in [3.05, 3.63) is 64.5 Å². The van der Waals surface area contributed by atoms with Crippen LogP contribution in [0.3, 0.4) is 0 Å². The molecular weight excluding hydrogens is 374 g/mol. The Hall–Kier alpha value is -2.88. The van der Waals surface area contributed by atoms with Crippen LogP contribution >= 0.6 is 11.6 Å². The molecule has 28 heavy (non-hydrogen) atoms. The van der Waals surface area contributed by atoms with Crippen molar-refractivity contribution >= 4 is 17.3 Å². The fraction of sp³-hybridized carbons (Fsp3) is 0.286. The van der Waals surface area contributed by atoms with E-state index in [2.05, 4.69) is 26.0 Å². The van der Waals surface area contributed by atoms with Crippen molar-refractivity contribution in [2.45, 2.75) is 13.5 Å². The molecule has 0 N–H and O–H groups in total. The van der Waals surface area contributed by atoms with Crippen LogP contribution in [0.1, 0.15) is 17.0 Å². The number of aromatic nitrogens is 2. The molecule has 7 heteroatoms. The third-order valence-electron chi connectivity index (χ3n) is 5.00. The van der Waals surface area contributed by atoms with E-state index < -0.39 is 0 Å². The van der Waals surface area contributed by atoms with Gasteiger partial charge in [-0.05, 0) is 30.7 Å². The molecule has 0 spiro atoms. The van der Waals surface area contributed by atoms with E-state index in [-0.39, 0.29) is 0 Å². The number of hydrogen-bond donors (Lipinski definition) is 0. The standard InChI is InChI=1S/C21H20ClN5O/c1-15-4-2-3-5-18(15)21-24-20(28-25-21)14-26-8-10-27(11-9-26)19-7-6-17(22)12-16(19)13-23/h2-7,12H,8-11,14H2,1H3. The summed E-state index contributed by atoms with van der Waals surface area (Å²) in [6, 6.07) is 15.7. The second kappa shape index (κ2) is 8.01. The van der Waals surface area contributed by atoms with Crippen LogP contribution < -0.4 is 4.90 Å². The Morgan fingerprint density at radius 2 is 1.93 bits per heavy atom. The molecule has 0 radical (unpaired) electrons. The largest absolute Gasteiger partial charge is 0.368 e. The summed E-state index contributed by atoms with van der Waals surface area (Å²) in [5, 5.41) is 14.1. The Balaban J connectivity index is 1.39. The van der Waals surface area contributed by atoms with Crippen molar-refractivity contribution in [2.75, 3.05) is 31.1 Å². The molecule has 0 unspecified atom stereocenters. The van der Waals surface area contributed by atoms with Gasteiger partial charge in [-0.3, -0.25) is 4.90 Å². The van der Waals surface area contributed by atoms with Gasteiger partial charge in [-0.2, -0.15) is 10.2 Å². The van der Waals surface area contributed by atoms with E-state index in [1.54, 1.807) is 6.07 Å². The molecule has 2 heterocycles. The van der Waals surface area contributed by atoms with Gasteiger partial charge < -0.3 is 9.42 Å². The van der Waals surface area contributed by atoms with Crippen LogP contribution in [0.2, 0.25) is 5.02 Å². The van der Waals surface area contributed by atoms with E-state index in [1.165, 1.54) is 0 Å². The molecule has 2 aromatic carbocycles. The summed E-state index contributed by atoms with van der Waals surface area (Å²) in [7, 11) is 0. The lowest BCUT2D eigenvalue weighted by Crippen LogP contribution is -2.46. The molecule has 0 atom stereocenters. The topological polar surface area (TPSA) is 69.2 Å². The molecule has 3 aromatic rings. The van der Waals surface area contributed by atoms with Gasteiger partial charge in [0.25, 0.3) is 0 Å². The summed E-state index contributed by atoms with van der Waals surface area (Å²) in [4.78, 5) is 9.06. The molecule has 142 valence electrons. The number of benzene rings is 2. The SMILES string of the molecule is Cc1ccccc1-c1noc(CN2CCN(c3ccc(Cl)cc3C#N)CC2)n1. The average Bonchev–Trinajstić information content (AvgIpc) is 3.17. The summed E-state index contributed by atoms with van der Waals surface area (Å²) in [5.41, 5.74) is 3.67. The summed E-state index contributed by atoms with van der Waals surface area (Å²) in [6.07, 6.45) is 0. The second-order valence-corrected chi connectivity index (χ2v) is 7.30. The molecule has 1 fully saturated rings. The van der Waals surface area contributed by atoms with Crippen LogP contribution in [0.5, 0.6) is 0 Å². The molecule has 0 saturated carbocycles. The first-order valence-electron chi connectivity index (χ1n) is 9.19. The van der Waals surface area contributed by atoms with Gasteiger partial charge >= 0.3 is 0 Å². The molecule has 4 rings (SSSR count). The third kappa shape index (κ3) is 3.86. The van der Waals surface area contributed by atoms with E-state index in [0.29, 0.717) is 28.8 Å². The first kappa shape index (κ1) is 18.5. The molecule has 0 amide bonds. The van der Waals surface area contributed by atoms with E-state index in [1.807, 2.05) is 43.3 Å². The van der Waals surface area contributed by atoms with Crippen LogP contribution in [0.25, 0.3) is 11.4 Å². The van der Waals surface area contributed by atoms with Crippen molar-refractivity contribution in [3.63, 3.8) is 0 Å². The molecule has 0 bridgehead atoms. The number of halogens is 1. The van der Waals surface area contributed by atoms with Gasteiger partial charge in [0.15, 0.2) is 0 Å². The summed E-state index contributed by atoms with van der Waals surface area (Å²) >= 11 is 6.00. The van der Waals surface area contributed by atoms with Gasteiger partial charge in [0.2, 0.25) is 11.7 Å². The Labute approximate surface area is 168 Å². The van der Waals surface area contributed by atoms with Crippen molar-refractivity contribution in [2.24, 2.45) is 0 Å². The van der Waals surface area contributed by atoms with Gasteiger partial charge in [-0.1, -0.05) is 41.0 Å². The van der Waals surface area contributed by atoms with E-state index in [9.17, 15) is 5.26 Å². The van der Waals surface area contributed by atoms with E-state index >= 15 is 0 Å². The quantitative estimate of drug-likeness (QED) is 0.669. The minimum atomic E-state index is 0.583. The summed E-state index contributed by atoms with van der Waals surface area (Å²) < 4.78 is 5.46. The highest BCUT2D eigenvalue weighted by atomic mass is 35.5. The van der Waals surface area contributed by atoms with Crippen LogP contribution in [0, 0.1) is 18.3 Å². The number of hydrogen-bond acceptors (Lipinski definition) is 6. The Bertz CT molecular complexity index is 1020. The van der Waals surface area contributed by atoms with Gasteiger partial charge in [0.1, 0.15) is 6.07 Å². The number of nitrogens with zero attached hydrogens (tertiary/aromatic N) is 5. The van der Waals surface area contributed by atoms with Crippen molar-refractivity contribution < 1.29 is 4.52 Å². The Morgan fingerprint density at radius 1 is 1.14 bits per heavy atom. The molecule has 1 aliphatic rings. The number of rotatable bonds is 4. The zero-order valence-corrected chi connectivity index (χ0v) is 16.4. The van der Waals surface area contributed by atoms with Gasteiger partial charge in [0, 0.05) is 36.8 Å². The number of nitriles is 1. The van der Waals surface area contributed by atoms with Crippen LogP contribution in [-0.2, 0) is 6.54 Å². The average molecular weight is 394 g/mol. The zero-order chi connectivity index (χ0) is 19.5. The highest BCUT2D eigenvalue weighted by molar-refractivity contribution is 6.30. The second-order valence-electron chi connectivity index (χ2n) is 6.86. The normalized spacial score (nSPS) is 14.8. The minimum Gasteiger partial charge on any atom is -0.368 e. The lowest BCUT2D eigenvalue weighted by Gasteiger charge is -2.35. The monoisotopic (exact) mass is 393 g/mol. The van der Waals surface area contributed by atoms with Gasteiger partial charge in [0.05, 0.1) is 17.8 Å². The maximum absolute atomic E-state index is 9.36. The maximum Gasteiger partial charge on any atom is 0.241 e. The lowest BCUT2D eigenvalue weighted by atomic mass is 10.1. The minimum absolute atomic E-state index is 0.583. The zero-order valence-electron chi connectivity index (χ0n) is 15.6. The summed E-state index contributed by atoms with van der Waals surface area (Å²) in [6.45, 7) is 6.03. The van der Waals surface area contributed by atoms with Crippen molar-refractivity contribution in [1.29, 1.82) is 5.26 Å². The van der Waals surface area contributed by atoms with Crippen LogP contribution in [-0.4, -0.2) is 41.2 Å². The highest BCUT2D eigenvalue weighted by Gasteiger charge is 2.21. The molecule has 0 aliphatic carbocycles. The third-order valence-corrected chi connectivity index (χ3v) is 5.24. The van der Waals surface area contributed by atoms with Crippen molar-refractivity contribution in [1.82, 2.24) is 15.0 Å². The van der Waals surface area contributed by atoms with Gasteiger partial charge in [-0.15, -0.1) is 0 Å². The fourth-order valence-electron chi connectivity index (χ4n) is 3.46. The highest BCUT2D eigenvalue weighted by Crippen LogP contribution is 2.25.